The average molecular weight is 396 g/mol. The Kier molecular flexibility index (Phi) is 11.2. The molecule has 3 N–H and O–H groups in total. The summed E-state index contributed by atoms with van der Waals surface area (Å²) in [4.78, 5) is 9.86. The third-order valence-corrected chi connectivity index (χ3v) is 3.58. The van der Waals surface area contributed by atoms with Gasteiger partial charge in [0.2, 0.25) is 0 Å². The molecule has 1 rings (SSSR count). The third-order valence-electron chi connectivity index (χ3n) is 2.61. The van der Waals surface area contributed by atoms with Gasteiger partial charge in [0.1, 0.15) is 0 Å². The van der Waals surface area contributed by atoms with Gasteiger partial charge in [-0.05, 0) is 13.3 Å². The summed E-state index contributed by atoms with van der Waals surface area (Å²) in [5, 5.41) is 4.27. The van der Waals surface area contributed by atoms with Gasteiger partial charge in [0.05, 0.1) is 5.01 Å². The number of aryl methyl sites for hydroxylation is 1. The van der Waals surface area contributed by atoms with Crippen LogP contribution in [0.15, 0.2) is 11.2 Å². The monoisotopic (exact) mass is 396 g/mol. The first-order valence-corrected chi connectivity index (χ1v) is 7.49. The van der Waals surface area contributed by atoms with E-state index in [1.54, 1.807) is 11.3 Å². The highest BCUT2D eigenvalue weighted by Gasteiger charge is 1.98. The lowest BCUT2D eigenvalue weighted by Gasteiger charge is -2.04. The molecule has 0 spiro atoms. The molecule has 1 aromatic rings. The number of nitrogens with zero attached hydrogens (tertiary/aromatic N) is 2. The number of nitrogens with one attached hydrogen (secondary N) is 1. The molecule has 1 aromatic heterocycles. The smallest absolute Gasteiger partial charge is 0.188 e. The Bertz CT molecular complexity index is 365. The zero-order chi connectivity index (χ0) is 13.2. The molecule has 0 aliphatic carbocycles. The zero-order valence-corrected chi connectivity index (χ0v) is 15.0. The van der Waals surface area contributed by atoms with Gasteiger partial charge in [0, 0.05) is 30.6 Å². The van der Waals surface area contributed by atoms with Crippen LogP contribution in [0.2, 0.25) is 0 Å². The fraction of sp³-hybridized carbons (Fsp3) is 0.692. The lowest BCUT2D eigenvalue weighted by Crippen LogP contribution is -2.33. The summed E-state index contributed by atoms with van der Waals surface area (Å²) in [6.07, 6.45) is 7.72. The molecule has 1 heterocycles. The number of nitrogens with two attached hydrogens (primary N) is 1. The van der Waals surface area contributed by atoms with E-state index in [1.807, 2.05) is 6.20 Å². The van der Waals surface area contributed by atoms with E-state index in [0.29, 0.717) is 5.96 Å². The fourth-order valence-corrected chi connectivity index (χ4v) is 2.40. The van der Waals surface area contributed by atoms with Crippen LogP contribution in [-0.4, -0.2) is 24.0 Å². The first kappa shape index (κ1) is 18.6. The largest absolute Gasteiger partial charge is 0.370 e. The second-order valence-corrected chi connectivity index (χ2v) is 5.69. The molecule has 6 heteroatoms. The summed E-state index contributed by atoms with van der Waals surface area (Å²) in [5.41, 5.74) is 5.78. The maximum absolute atomic E-state index is 5.78. The van der Waals surface area contributed by atoms with E-state index in [2.05, 4.69) is 29.1 Å². The standard InChI is InChI=1S/C13H24N4S.HI/c1-3-4-5-6-8-15-13(14)16-9-7-12-17-10-11(2)18-12;/h10H,3-9H2,1-2H3,(H3,14,15,16);1H. The molecule has 110 valence electrons. The summed E-state index contributed by atoms with van der Waals surface area (Å²) in [5.74, 6) is 0.555. The molecule has 4 nitrogen and oxygen atoms in total. The van der Waals surface area contributed by atoms with E-state index in [-0.39, 0.29) is 24.0 Å². The summed E-state index contributed by atoms with van der Waals surface area (Å²) in [6.45, 7) is 5.91. The van der Waals surface area contributed by atoms with Crippen molar-refractivity contribution in [1.82, 2.24) is 10.3 Å². The molecule has 0 saturated carbocycles. The van der Waals surface area contributed by atoms with Crippen LogP contribution >= 0.6 is 35.3 Å². The highest BCUT2D eigenvalue weighted by Crippen LogP contribution is 2.10. The normalized spacial score (nSPS) is 11.2. The highest BCUT2D eigenvalue weighted by atomic mass is 127. The number of hydrogen-bond donors (Lipinski definition) is 2. The fourth-order valence-electron chi connectivity index (χ4n) is 1.61. The predicted molar refractivity (Wildman–Crippen MR) is 94.6 cm³/mol. The number of hydrogen-bond acceptors (Lipinski definition) is 3. The average Bonchev–Trinajstić information content (AvgIpc) is 2.75. The number of unbranched alkanes of at least 4 members (excludes halogenated alkanes) is 3. The van der Waals surface area contributed by atoms with E-state index in [1.165, 1.54) is 24.1 Å². The lowest BCUT2D eigenvalue weighted by molar-refractivity contribution is 0.673. The second kappa shape index (κ2) is 11.5. The first-order valence-electron chi connectivity index (χ1n) is 6.67. The Morgan fingerprint density at radius 2 is 2.21 bits per heavy atom. The van der Waals surface area contributed by atoms with Crippen LogP contribution in [0, 0.1) is 6.92 Å². The Balaban J connectivity index is 0.00000324. The minimum absolute atomic E-state index is 0. The lowest BCUT2D eigenvalue weighted by atomic mass is 10.2. The van der Waals surface area contributed by atoms with Crippen molar-refractivity contribution in [3.8, 4) is 0 Å². The minimum Gasteiger partial charge on any atom is -0.370 e. The third kappa shape index (κ3) is 9.21. The van der Waals surface area contributed by atoms with Crippen LogP contribution in [0.1, 0.15) is 42.5 Å². The molecule has 0 aliphatic heterocycles. The van der Waals surface area contributed by atoms with Crippen LogP contribution in [0.4, 0.5) is 0 Å². The number of thiazole rings is 1. The molecule has 0 radical (unpaired) electrons. The van der Waals surface area contributed by atoms with Crippen LogP contribution in [-0.2, 0) is 6.42 Å². The number of rotatable bonds is 8. The summed E-state index contributed by atoms with van der Waals surface area (Å²) >= 11 is 1.73. The van der Waals surface area contributed by atoms with Crippen LogP contribution < -0.4 is 11.1 Å². The van der Waals surface area contributed by atoms with E-state index in [0.717, 1.165) is 30.9 Å². The van der Waals surface area contributed by atoms with Crippen molar-refractivity contribution in [2.75, 3.05) is 13.1 Å². The maximum Gasteiger partial charge on any atom is 0.188 e. The molecule has 0 fully saturated rings. The van der Waals surface area contributed by atoms with Crippen molar-refractivity contribution in [1.29, 1.82) is 0 Å². The van der Waals surface area contributed by atoms with E-state index >= 15 is 0 Å². The molecule has 0 saturated heterocycles. The number of halogens is 1. The minimum atomic E-state index is 0. The van der Waals surface area contributed by atoms with Crippen molar-refractivity contribution in [2.45, 2.75) is 46.0 Å². The molecule has 0 amide bonds. The Morgan fingerprint density at radius 1 is 1.42 bits per heavy atom. The summed E-state index contributed by atoms with van der Waals surface area (Å²) < 4.78 is 0. The van der Waals surface area contributed by atoms with Crippen LogP contribution in [0.3, 0.4) is 0 Å². The van der Waals surface area contributed by atoms with E-state index in [9.17, 15) is 0 Å². The molecule has 0 bridgehead atoms. The number of guanidine groups is 1. The van der Waals surface area contributed by atoms with Gasteiger partial charge < -0.3 is 11.1 Å². The van der Waals surface area contributed by atoms with Gasteiger partial charge in [-0.25, -0.2) is 4.98 Å². The molecule has 0 atom stereocenters. The Morgan fingerprint density at radius 3 is 2.84 bits per heavy atom. The molecule has 19 heavy (non-hydrogen) atoms. The van der Waals surface area contributed by atoms with Crippen molar-refractivity contribution < 1.29 is 0 Å². The quantitative estimate of drug-likeness (QED) is 0.307. The van der Waals surface area contributed by atoms with Gasteiger partial charge in [-0.2, -0.15) is 0 Å². The van der Waals surface area contributed by atoms with Crippen molar-refractivity contribution in [2.24, 2.45) is 10.7 Å². The van der Waals surface area contributed by atoms with E-state index in [4.69, 9.17) is 5.73 Å². The van der Waals surface area contributed by atoms with Gasteiger partial charge in [-0.15, -0.1) is 35.3 Å². The molecule has 0 aliphatic rings. The summed E-state index contributed by atoms with van der Waals surface area (Å²) in [7, 11) is 0. The molecule has 0 aromatic carbocycles. The number of aliphatic imine (C=N–C) groups is 1. The van der Waals surface area contributed by atoms with Crippen LogP contribution in [0.5, 0.6) is 0 Å². The topological polar surface area (TPSA) is 63.3 Å². The molecular formula is C13H25IN4S. The van der Waals surface area contributed by atoms with Gasteiger partial charge in [0.25, 0.3) is 0 Å². The van der Waals surface area contributed by atoms with E-state index < -0.39 is 0 Å². The molecule has 0 unspecified atom stereocenters. The van der Waals surface area contributed by atoms with Gasteiger partial charge in [0.15, 0.2) is 5.96 Å². The Labute approximate surface area is 137 Å². The maximum atomic E-state index is 5.78. The predicted octanol–water partition coefficient (Wildman–Crippen LogP) is 3.10. The van der Waals surface area contributed by atoms with Crippen molar-refractivity contribution in [3.05, 3.63) is 16.1 Å². The molecular weight excluding hydrogens is 371 g/mol. The number of aromatic nitrogens is 1. The highest BCUT2D eigenvalue weighted by molar-refractivity contribution is 14.0. The first-order chi connectivity index (χ1) is 8.72. The van der Waals surface area contributed by atoms with Crippen molar-refractivity contribution in [3.63, 3.8) is 0 Å². The van der Waals surface area contributed by atoms with Gasteiger partial charge >= 0.3 is 0 Å². The Hall–Kier alpha value is -0.370. The van der Waals surface area contributed by atoms with Crippen LogP contribution in [0.25, 0.3) is 0 Å². The van der Waals surface area contributed by atoms with Crippen molar-refractivity contribution >= 4 is 41.3 Å². The SMILES string of the molecule is CCCCCCN=C(N)NCCc1ncc(C)s1.I. The van der Waals surface area contributed by atoms with Gasteiger partial charge in [-0.1, -0.05) is 26.2 Å². The zero-order valence-electron chi connectivity index (χ0n) is 11.8. The second-order valence-electron chi connectivity index (χ2n) is 4.37. The van der Waals surface area contributed by atoms with Gasteiger partial charge in [-0.3, -0.25) is 4.99 Å². The summed E-state index contributed by atoms with van der Waals surface area (Å²) in [6, 6.07) is 0.